The van der Waals surface area contributed by atoms with Gasteiger partial charge in [0.1, 0.15) is 11.3 Å². The second-order valence-corrected chi connectivity index (χ2v) is 12.3. The van der Waals surface area contributed by atoms with Crippen molar-refractivity contribution in [3.8, 4) is 5.75 Å². The molecule has 2 N–H and O–H groups in total. The third-order valence-corrected chi connectivity index (χ3v) is 8.85. The van der Waals surface area contributed by atoms with Gasteiger partial charge < -0.3 is 10.1 Å². The van der Waals surface area contributed by atoms with Crippen LogP contribution in [0.15, 0.2) is 54.1 Å². The van der Waals surface area contributed by atoms with E-state index in [9.17, 15) is 18.0 Å². The number of unbranched alkanes of at least 4 members (excludes halogenated alkanes) is 3. The number of carbonyl (C=O) groups is 2. The molecule has 8 heteroatoms. The summed E-state index contributed by atoms with van der Waals surface area (Å²) in [5.74, 6) is -0.705. The molecule has 0 aromatic heterocycles. The van der Waals surface area contributed by atoms with Crippen LogP contribution in [0.4, 0.5) is 0 Å². The molecule has 1 aliphatic carbocycles. The molecule has 37 heavy (non-hydrogen) atoms. The van der Waals surface area contributed by atoms with Crippen molar-refractivity contribution in [3.63, 3.8) is 0 Å². The normalized spacial score (nSPS) is 19.9. The minimum Gasteiger partial charge on any atom is -0.494 e. The van der Waals surface area contributed by atoms with Crippen molar-refractivity contribution in [2.45, 2.75) is 76.5 Å². The summed E-state index contributed by atoms with van der Waals surface area (Å²) in [6.07, 6.45) is 5.90. The number of carbonyl (C=O) groups excluding carboxylic acids is 2. The molecule has 2 amide bonds. The summed E-state index contributed by atoms with van der Waals surface area (Å²) in [4.78, 5) is 26.5. The number of nitrogens with one attached hydrogen (secondary N) is 2. The van der Waals surface area contributed by atoms with Gasteiger partial charge in [0, 0.05) is 6.42 Å². The summed E-state index contributed by atoms with van der Waals surface area (Å²) in [6, 6.07) is 15.2. The van der Waals surface area contributed by atoms with E-state index in [1.165, 1.54) is 12.8 Å². The van der Waals surface area contributed by atoms with Crippen LogP contribution in [0.3, 0.4) is 0 Å². The lowest BCUT2D eigenvalue weighted by molar-refractivity contribution is -0.124. The fraction of sp³-hybridized carbons (Fsp3) is 0.448. The summed E-state index contributed by atoms with van der Waals surface area (Å²) in [5, 5.41) is 2.41. The van der Waals surface area contributed by atoms with Gasteiger partial charge in [0.05, 0.1) is 17.4 Å². The van der Waals surface area contributed by atoms with E-state index in [4.69, 9.17) is 4.74 Å². The van der Waals surface area contributed by atoms with Crippen molar-refractivity contribution in [1.29, 1.82) is 0 Å². The van der Waals surface area contributed by atoms with E-state index in [1.54, 1.807) is 0 Å². The molecule has 198 valence electrons. The highest BCUT2D eigenvalue weighted by Crippen LogP contribution is 2.39. The van der Waals surface area contributed by atoms with E-state index >= 15 is 0 Å². The molecule has 7 nitrogen and oxygen atoms in total. The lowest BCUT2D eigenvalue weighted by atomic mass is 9.78. The first-order valence-corrected chi connectivity index (χ1v) is 14.6. The Kier molecular flexibility index (Phi) is 8.07. The Labute approximate surface area is 219 Å². The van der Waals surface area contributed by atoms with E-state index in [-0.39, 0.29) is 5.57 Å². The number of amides is 2. The van der Waals surface area contributed by atoms with Gasteiger partial charge in [-0.05, 0) is 61.9 Å². The van der Waals surface area contributed by atoms with Crippen molar-refractivity contribution >= 4 is 27.4 Å². The maximum Gasteiger partial charge on any atom is 0.270 e. The summed E-state index contributed by atoms with van der Waals surface area (Å²) in [6.45, 7) is 6.71. The molecule has 1 saturated carbocycles. The highest BCUT2D eigenvalue weighted by Gasteiger charge is 2.42. The molecule has 1 aliphatic heterocycles. The molecule has 1 heterocycles. The van der Waals surface area contributed by atoms with Crippen LogP contribution in [-0.2, 0) is 25.2 Å². The zero-order valence-electron chi connectivity index (χ0n) is 21.8. The van der Waals surface area contributed by atoms with Crippen LogP contribution >= 0.6 is 0 Å². The third kappa shape index (κ3) is 6.42. The van der Waals surface area contributed by atoms with Crippen molar-refractivity contribution in [2.24, 2.45) is 0 Å². The molecular weight excluding hydrogens is 488 g/mol. The van der Waals surface area contributed by atoms with Crippen molar-refractivity contribution in [3.05, 3.63) is 70.8 Å². The van der Waals surface area contributed by atoms with Crippen molar-refractivity contribution < 1.29 is 22.7 Å². The van der Waals surface area contributed by atoms with Crippen molar-refractivity contribution in [1.82, 2.24) is 10.0 Å². The molecule has 4 rings (SSSR count). The summed E-state index contributed by atoms with van der Waals surface area (Å²) in [5.41, 5.74) is 2.20. The minimum atomic E-state index is -3.80. The van der Waals surface area contributed by atoms with Crippen molar-refractivity contribution in [2.75, 3.05) is 6.61 Å². The van der Waals surface area contributed by atoms with Crippen LogP contribution in [0, 0.1) is 6.92 Å². The van der Waals surface area contributed by atoms with E-state index in [0.29, 0.717) is 37.0 Å². The van der Waals surface area contributed by atoms with Crippen LogP contribution in [0.5, 0.6) is 5.75 Å². The van der Waals surface area contributed by atoms with Gasteiger partial charge in [-0.15, -0.1) is 0 Å². The zero-order valence-corrected chi connectivity index (χ0v) is 22.6. The van der Waals surface area contributed by atoms with E-state index < -0.39 is 32.6 Å². The number of ether oxygens (including phenoxy) is 1. The average molecular weight is 525 g/mol. The quantitative estimate of drug-likeness (QED) is 0.326. The van der Waals surface area contributed by atoms with E-state index in [0.717, 1.165) is 29.7 Å². The SMILES string of the molecule is CCCCCCOc1ccc([C@]2(C)CC(c3ccc(C)cc3)=C(C(=O)NS(=O)(=O)C3CC3)C(=O)N2)cc1. The molecule has 1 fully saturated rings. The molecular formula is C29H36N2O5S. The molecule has 0 saturated heterocycles. The van der Waals surface area contributed by atoms with Gasteiger partial charge in [0.25, 0.3) is 11.8 Å². The topological polar surface area (TPSA) is 102 Å². The highest BCUT2D eigenvalue weighted by molar-refractivity contribution is 7.91. The number of benzene rings is 2. The maximum atomic E-state index is 13.4. The number of sulfonamides is 1. The Morgan fingerprint density at radius 1 is 1.05 bits per heavy atom. The molecule has 0 unspecified atom stereocenters. The molecule has 0 bridgehead atoms. The predicted molar refractivity (Wildman–Crippen MR) is 144 cm³/mol. The fourth-order valence-corrected chi connectivity index (χ4v) is 5.92. The molecule has 0 radical (unpaired) electrons. The number of hydrogen-bond donors (Lipinski definition) is 2. The van der Waals surface area contributed by atoms with Gasteiger partial charge in [0.15, 0.2) is 0 Å². The average Bonchev–Trinajstić information content (AvgIpc) is 3.70. The van der Waals surface area contributed by atoms with Gasteiger partial charge in [-0.25, -0.2) is 13.1 Å². The predicted octanol–water partition coefficient (Wildman–Crippen LogP) is 4.75. The second kappa shape index (κ2) is 11.1. The summed E-state index contributed by atoms with van der Waals surface area (Å²) in [7, 11) is -3.80. The fourth-order valence-electron chi connectivity index (χ4n) is 4.63. The summed E-state index contributed by atoms with van der Waals surface area (Å²) >= 11 is 0. The first-order valence-electron chi connectivity index (χ1n) is 13.0. The van der Waals surface area contributed by atoms with E-state index in [2.05, 4.69) is 17.0 Å². The van der Waals surface area contributed by atoms with Gasteiger partial charge in [0.2, 0.25) is 10.0 Å². The van der Waals surface area contributed by atoms with E-state index in [1.807, 2.05) is 62.4 Å². The first kappa shape index (κ1) is 26.9. The van der Waals surface area contributed by atoms with Gasteiger partial charge in [-0.3, -0.25) is 9.59 Å². The second-order valence-electron chi connectivity index (χ2n) is 10.3. The van der Waals surface area contributed by atoms with Crippen LogP contribution in [0.1, 0.15) is 75.5 Å². The number of hydrogen-bond acceptors (Lipinski definition) is 5. The monoisotopic (exact) mass is 524 g/mol. The Bertz CT molecular complexity index is 1280. The minimum absolute atomic E-state index is 0.155. The molecule has 2 aromatic carbocycles. The summed E-state index contributed by atoms with van der Waals surface area (Å²) < 4.78 is 32.9. The van der Waals surface area contributed by atoms with Gasteiger partial charge in [-0.2, -0.15) is 0 Å². The van der Waals surface area contributed by atoms with Gasteiger partial charge >= 0.3 is 0 Å². The molecule has 0 spiro atoms. The lowest BCUT2D eigenvalue weighted by Gasteiger charge is -2.37. The smallest absolute Gasteiger partial charge is 0.270 e. The Morgan fingerprint density at radius 2 is 1.73 bits per heavy atom. The third-order valence-electron chi connectivity index (χ3n) is 7.03. The van der Waals surface area contributed by atoms with Crippen LogP contribution < -0.4 is 14.8 Å². The molecule has 2 aliphatic rings. The van der Waals surface area contributed by atoms with Gasteiger partial charge in [-0.1, -0.05) is 68.1 Å². The Morgan fingerprint density at radius 3 is 2.35 bits per heavy atom. The molecule has 2 aromatic rings. The largest absolute Gasteiger partial charge is 0.494 e. The number of aryl methyl sites for hydroxylation is 1. The maximum absolute atomic E-state index is 13.4. The first-order chi connectivity index (χ1) is 17.6. The Hall–Kier alpha value is -3.13. The van der Waals surface area contributed by atoms with Crippen LogP contribution in [0.2, 0.25) is 0 Å². The lowest BCUT2D eigenvalue weighted by Crippen LogP contribution is -2.50. The standard InChI is InChI=1S/C29H36N2O5S/c1-4-5-6-7-18-36-23-14-12-22(13-15-23)29(3)19-25(21-10-8-20(2)9-11-21)26(27(32)30-29)28(33)31-37(34,35)24-16-17-24/h8-15,24H,4-7,16-19H2,1-3H3,(H,30,32)(H,31,33)/t29-/m0/s1. The Balaban J connectivity index is 1.61. The number of rotatable bonds is 11. The van der Waals surface area contributed by atoms with Crippen LogP contribution in [0.25, 0.3) is 5.57 Å². The zero-order chi connectivity index (χ0) is 26.6. The van der Waals surface area contributed by atoms with Crippen LogP contribution in [-0.4, -0.2) is 32.1 Å². The molecule has 1 atom stereocenters. The highest BCUT2D eigenvalue weighted by atomic mass is 32.2.